The van der Waals surface area contributed by atoms with Crippen molar-refractivity contribution in [3.05, 3.63) is 41.7 Å². The van der Waals surface area contributed by atoms with Gasteiger partial charge in [0.2, 0.25) is 0 Å². The van der Waals surface area contributed by atoms with Crippen LogP contribution in [0.25, 0.3) is 5.69 Å². The molecule has 1 aromatic carbocycles. The molecule has 0 bridgehead atoms. The van der Waals surface area contributed by atoms with Gasteiger partial charge in [-0.25, -0.2) is 9.59 Å². The first kappa shape index (κ1) is 19.1. The number of benzene rings is 1. The van der Waals surface area contributed by atoms with E-state index in [9.17, 15) is 14.4 Å². The van der Waals surface area contributed by atoms with Crippen molar-refractivity contribution in [3.8, 4) is 5.69 Å². The third-order valence-corrected chi connectivity index (χ3v) is 3.27. The third-order valence-electron chi connectivity index (χ3n) is 3.27. The number of rotatable bonds is 5. The molecular formula is C17H21N5O4. The summed E-state index contributed by atoms with van der Waals surface area (Å²) in [7, 11) is 0. The van der Waals surface area contributed by atoms with Crippen LogP contribution < -0.4 is 10.6 Å². The smallest absolute Gasteiger partial charge is 0.361 e. The maximum atomic E-state index is 12.3. The highest BCUT2D eigenvalue weighted by atomic mass is 16.5. The minimum Gasteiger partial charge on any atom is -0.448 e. The van der Waals surface area contributed by atoms with E-state index in [0.717, 1.165) is 0 Å². The van der Waals surface area contributed by atoms with E-state index in [1.54, 1.807) is 32.9 Å². The standard InChI is InChI=1S/C17H21N5O4/c1-10(2)18-17(25)19-15(23)12(4)26-16(24)14-11(3)20-22(21-14)13-8-6-5-7-9-13/h5-10,12H,1-4H3,(H2,18,19,23,25)/t12-/m1/s1. The highest BCUT2D eigenvalue weighted by Crippen LogP contribution is 2.10. The Morgan fingerprint density at radius 1 is 1.08 bits per heavy atom. The summed E-state index contributed by atoms with van der Waals surface area (Å²) < 4.78 is 5.09. The van der Waals surface area contributed by atoms with Gasteiger partial charge in [0.1, 0.15) is 0 Å². The van der Waals surface area contributed by atoms with Crippen LogP contribution in [0.1, 0.15) is 37.0 Å². The van der Waals surface area contributed by atoms with Crippen LogP contribution in [0.3, 0.4) is 0 Å². The fraction of sp³-hybridized carbons (Fsp3) is 0.353. The number of esters is 1. The fourth-order valence-corrected chi connectivity index (χ4v) is 2.03. The quantitative estimate of drug-likeness (QED) is 0.779. The van der Waals surface area contributed by atoms with E-state index in [0.29, 0.717) is 11.4 Å². The zero-order valence-electron chi connectivity index (χ0n) is 15.0. The summed E-state index contributed by atoms with van der Waals surface area (Å²) in [5.74, 6) is -1.53. The van der Waals surface area contributed by atoms with Gasteiger partial charge in [-0.2, -0.15) is 9.90 Å². The molecule has 0 aliphatic carbocycles. The Morgan fingerprint density at radius 2 is 1.73 bits per heavy atom. The third kappa shape index (κ3) is 4.88. The lowest BCUT2D eigenvalue weighted by molar-refractivity contribution is -0.127. The molecule has 1 aromatic heterocycles. The largest absolute Gasteiger partial charge is 0.448 e. The van der Waals surface area contributed by atoms with Crippen LogP contribution in [0.2, 0.25) is 0 Å². The van der Waals surface area contributed by atoms with E-state index >= 15 is 0 Å². The van der Waals surface area contributed by atoms with Crippen molar-refractivity contribution in [2.45, 2.75) is 39.8 Å². The number of aromatic nitrogens is 3. The molecule has 0 unspecified atom stereocenters. The molecule has 2 rings (SSSR count). The Balaban J connectivity index is 2.02. The molecule has 1 atom stereocenters. The van der Waals surface area contributed by atoms with Crippen molar-refractivity contribution < 1.29 is 19.1 Å². The van der Waals surface area contributed by atoms with Crippen LogP contribution in [-0.4, -0.2) is 45.0 Å². The number of amides is 3. The number of hydrogen-bond donors (Lipinski definition) is 2. The van der Waals surface area contributed by atoms with E-state index in [-0.39, 0.29) is 11.7 Å². The predicted molar refractivity (Wildman–Crippen MR) is 92.8 cm³/mol. The molecule has 1 heterocycles. The first-order valence-corrected chi connectivity index (χ1v) is 8.09. The van der Waals surface area contributed by atoms with Crippen LogP contribution in [0, 0.1) is 6.92 Å². The molecule has 2 aromatic rings. The molecule has 138 valence electrons. The van der Waals surface area contributed by atoms with E-state index in [4.69, 9.17) is 4.74 Å². The minimum absolute atomic E-state index is 0.000125. The van der Waals surface area contributed by atoms with Crippen molar-refractivity contribution >= 4 is 17.9 Å². The lowest BCUT2D eigenvalue weighted by Crippen LogP contribution is -2.46. The van der Waals surface area contributed by atoms with Crippen LogP contribution in [0.4, 0.5) is 4.79 Å². The summed E-state index contributed by atoms with van der Waals surface area (Å²) >= 11 is 0. The van der Waals surface area contributed by atoms with E-state index in [1.807, 2.05) is 18.2 Å². The average Bonchev–Trinajstić information content (AvgIpc) is 2.96. The summed E-state index contributed by atoms with van der Waals surface area (Å²) in [5, 5.41) is 12.9. The molecule has 0 spiro atoms. The second-order valence-electron chi connectivity index (χ2n) is 5.92. The maximum Gasteiger partial charge on any atom is 0.361 e. The first-order valence-electron chi connectivity index (χ1n) is 8.09. The van der Waals surface area contributed by atoms with Gasteiger partial charge in [-0.1, -0.05) is 18.2 Å². The normalized spacial score (nSPS) is 11.7. The fourth-order valence-electron chi connectivity index (χ4n) is 2.03. The molecule has 3 amide bonds. The number of ether oxygens (including phenoxy) is 1. The molecular weight excluding hydrogens is 338 g/mol. The highest BCUT2D eigenvalue weighted by Gasteiger charge is 2.24. The summed E-state index contributed by atoms with van der Waals surface area (Å²) in [5.41, 5.74) is 1.05. The van der Waals surface area contributed by atoms with Crippen molar-refractivity contribution in [1.82, 2.24) is 25.6 Å². The second kappa shape index (κ2) is 8.24. The molecule has 2 N–H and O–H groups in total. The van der Waals surface area contributed by atoms with Gasteiger partial charge in [-0.3, -0.25) is 10.1 Å². The molecule has 9 nitrogen and oxygen atoms in total. The molecule has 0 fully saturated rings. The maximum absolute atomic E-state index is 12.3. The average molecular weight is 359 g/mol. The number of para-hydroxylation sites is 1. The van der Waals surface area contributed by atoms with Crippen LogP contribution in [0.15, 0.2) is 30.3 Å². The minimum atomic E-state index is -1.17. The van der Waals surface area contributed by atoms with Gasteiger partial charge in [0.25, 0.3) is 5.91 Å². The number of urea groups is 1. The summed E-state index contributed by atoms with van der Waals surface area (Å²) in [6.45, 7) is 6.50. The van der Waals surface area contributed by atoms with Crippen molar-refractivity contribution in [2.75, 3.05) is 0 Å². The van der Waals surface area contributed by atoms with Crippen molar-refractivity contribution in [3.63, 3.8) is 0 Å². The molecule has 0 radical (unpaired) electrons. The van der Waals surface area contributed by atoms with Gasteiger partial charge < -0.3 is 10.1 Å². The Kier molecular flexibility index (Phi) is 6.05. The number of imide groups is 1. The molecule has 0 aliphatic rings. The molecule has 0 aliphatic heterocycles. The number of hydrogen-bond acceptors (Lipinski definition) is 6. The number of carbonyl (C=O) groups excluding carboxylic acids is 3. The first-order chi connectivity index (χ1) is 12.3. The van der Waals surface area contributed by atoms with Gasteiger partial charge in [0, 0.05) is 6.04 Å². The Bertz CT molecular complexity index is 801. The second-order valence-corrected chi connectivity index (χ2v) is 5.92. The summed E-state index contributed by atoms with van der Waals surface area (Å²) in [6.07, 6.45) is -1.17. The Hall–Kier alpha value is -3.23. The lowest BCUT2D eigenvalue weighted by atomic mass is 10.3. The monoisotopic (exact) mass is 359 g/mol. The number of aryl methyl sites for hydroxylation is 1. The van der Waals surface area contributed by atoms with Gasteiger partial charge in [0.05, 0.1) is 11.4 Å². The molecule has 0 saturated heterocycles. The van der Waals surface area contributed by atoms with Gasteiger partial charge in [0.15, 0.2) is 11.8 Å². The van der Waals surface area contributed by atoms with Gasteiger partial charge in [-0.05, 0) is 39.8 Å². The number of nitrogens with one attached hydrogen (secondary N) is 2. The Labute approximate surface area is 150 Å². The highest BCUT2D eigenvalue weighted by molar-refractivity contribution is 5.98. The van der Waals surface area contributed by atoms with Gasteiger partial charge in [-0.15, -0.1) is 5.10 Å². The van der Waals surface area contributed by atoms with Gasteiger partial charge >= 0.3 is 12.0 Å². The van der Waals surface area contributed by atoms with E-state index in [2.05, 4.69) is 20.8 Å². The molecule has 0 saturated carbocycles. The zero-order chi connectivity index (χ0) is 19.3. The molecule has 26 heavy (non-hydrogen) atoms. The predicted octanol–water partition coefficient (Wildman–Crippen LogP) is 1.36. The number of carbonyl (C=O) groups is 3. The van der Waals surface area contributed by atoms with E-state index in [1.165, 1.54) is 11.7 Å². The molecule has 9 heteroatoms. The SMILES string of the molecule is Cc1nn(-c2ccccc2)nc1C(=O)O[C@H](C)C(=O)NC(=O)NC(C)C. The summed E-state index contributed by atoms with van der Waals surface area (Å²) in [4.78, 5) is 37.0. The van der Waals surface area contributed by atoms with Crippen LogP contribution in [-0.2, 0) is 9.53 Å². The Morgan fingerprint density at radius 3 is 2.35 bits per heavy atom. The summed E-state index contributed by atoms with van der Waals surface area (Å²) in [6, 6.07) is 8.29. The van der Waals surface area contributed by atoms with Crippen molar-refractivity contribution in [1.29, 1.82) is 0 Å². The number of nitrogens with zero attached hydrogens (tertiary/aromatic N) is 3. The zero-order valence-corrected chi connectivity index (χ0v) is 15.0. The van der Waals surface area contributed by atoms with E-state index < -0.39 is 24.0 Å². The topological polar surface area (TPSA) is 115 Å². The van der Waals surface area contributed by atoms with Crippen molar-refractivity contribution in [2.24, 2.45) is 0 Å². The lowest BCUT2D eigenvalue weighted by Gasteiger charge is -2.13. The van der Waals surface area contributed by atoms with Crippen LogP contribution >= 0.6 is 0 Å². The van der Waals surface area contributed by atoms with Crippen LogP contribution in [0.5, 0.6) is 0 Å².